The van der Waals surface area contributed by atoms with Crippen LogP contribution in [0.4, 0.5) is 11.4 Å². The van der Waals surface area contributed by atoms with Crippen LogP contribution in [0.15, 0.2) is 48.8 Å². The van der Waals surface area contributed by atoms with E-state index >= 15 is 0 Å². The van der Waals surface area contributed by atoms with E-state index in [2.05, 4.69) is 46.3 Å². The van der Waals surface area contributed by atoms with Gasteiger partial charge in [0.25, 0.3) is 0 Å². The molecule has 0 saturated carbocycles. The summed E-state index contributed by atoms with van der Waals surface area (Å²) in [5.41, 5.74) is 2.92. The second kappa shape index (κ2) is 9.85. The summed E-state index contributed by atoms with van der Waals surface area (Å²) < 4.78 is 0. The molecule has 2 aromatic rings. The Labute approximate surface area is 174 Å². The average molecular weight is 396 g/mol. The Morgan fingerprint density at radius 2 is 1.83 bits per heavy atom. The summed E-state index contributed by atoms with van der Waals surface area (Å²) in [4.78, 5) is 23.6. The normalized spacial score (nSPS) is 16.3. The molecule has 0 aliphatic carbocycles. The second-order valence-electron chi connectivity index (χ2n) is 8.38. The van der Waals surface area contributed by atoms with Gasteiger partial charge in [-0.1, -0.05) is 6.07 Å². The van der Waals surface area contributed by atoms with Crippen LogP contribution in [-0.2, 0) is 4.79 Å². The maximum atomic E-state index is 12.9. The highest BCUT2D eigenvalue weighted by Gasteiger charge is 2.23. The molecule has 1 amide bonds. The fourth-order valence-electron chi connectivity index (χ4n) is 4.08. The van der Waals surface area contributed by atoms with Crippen molar-refractivity contribution in [2.24, 2.45) is 5.92 Å². The number of anilines is 2. The molecule has 3 rings (SSSR count). The first-order chi connectivity index (χ1) is 13.9. The van der Waals surface area contributed by atoms with Gasteiger partial charge in [-0.05, 0) is 82.8 Å². The summed E-state index contributed by atoms with van der Waals surface area (Å²) in [5.74, 6) is 0.732. The van der Waals surface area contributed by atoms with E-state index in [1.807, 2.05) is 43.3 Å². The molecule has 156 valence electrons. The fraction of sp³-hybridized carbons (Fsp3) is 0.478. The molecule has 6 nitrogen and oxygen atoms in total. The molecule has 1 N–H and O–H groups in total. The average Bonchev–Trinajstić information content (AvgIpc) is 2.69. The number of nitrogens with zero attached hydrogens (tertiary/aromatic N) is 4. The van der Waals surface area contributed by atoms with Crippen LogP contribution in [0.2, 0.25) is 0 Å². The van der Waals surface area contributed by atoms with Crippen molar-refractivity contribution < 1.29 is 4.79 Å². The van der Waals surface area contributed by atoms with E-state index in [1.165, 1.54) is 25.1 Å². The van der Waals surface area contributed by atoms with E-state index < -0.39 is 0 Å². The van der Waals surface area contributed by atoms with E-state index in [0.717, 1.165) is 30.3 Å². The minimum Gasteiger partial charge on any atom is -0.372 e. The van der Waals surface area contributed by atoms with Crippen LogP contribution in [0, 0.1) is 5.92 Å². The van der Waals surface area contributed by atoms with Crippen molar-refractivity contribution in [1.82, 2.24) is 14.8 Å². The van der Waals surface area contributed by atoms with Crippen molar-refractivity contribution in [3.8, 4) is 0 Å². The largest absolute Gasteiger partial charge is 0.372 e. The van der Waals surface area contributed by atoms with E-state index in [-0.39, 0.29) is 11.9 Å². The van der Waals surface area contributed by atoms with Gasteiger partial charge in [0.05, 0.1) is 0 Å². The highest BCUT2D eigenvalue weighted by Crippen LogP contribution is 2.26. The van der Waals surface area contributed by atoms with Crippen LogP contribution >= 0.6 is 0 Å². The molecule has 29 heavy (non-hydrogen) atoms. The van der Waals surface area contributed by atoms with Crippen molar-refractivity contribution in [3.05, 3.63) is 54.4 Å². The fourth-order valence-corrected chi connectivity index (χ4v) is 4.08. The number of hydrogen-bond donors (Lipinski definition) is 1. The van der Waals surface area contributed by atoms with Crippen LogP contribution in [-0.4, -0.2) is 68.5 Å². The number of benzene rings is 1. The SMILES string of the molecule is CN(C)CC1CCN(c2ccc(NC(=O)[C@@H](c3cccnc3)N(C)C)cc2)CC1. The molecule has 0 bridgehead atoms. The standard InChI is InChI=1S/C23H33N5O/c1-26(2)17-18-11-14-28(15-12-18)21-9-7-20(8-10-21)25-23(29)22(27(3)4)19-6-5-13-24-16-19/h5-10,13,16,18,22H,11-12,14-15,17H2,1-4H3,(H,25,29)/t22-/m1/s1. The molecule has 1 aliphatic heterocycles. The third-order valence-electron chi connectivity index (χ3n) is 5.50. The summed E-state index contributed by atoms with van der Waals surface area (Å²) in [7, 11) is 8.10. The number of pyridine rings is 1. The van der Waals surface area contributed by atoms with Crippen LogP contribution in [0.1, 0.15) is 24.4 Å². The Kier molecular flexibility index (Phi) is 7.23. The van der Waals surface area contributed by atoms with Crippen LogP contribution in [0.3, 0.4) is 0 Å². The van der Waals surface area contributed by atoms with Gasteiger partial charge in [0, 0.05) is 43.4 Å². The van der Waals surface area contributed by atoms with Gasteiger partial charge >= 0.3 is 0 Å². The van der Waals surface area contributed by atoms with Gasteiger partial charge in [0.2, 0.25) is 5.91 Å². The lowest BCUT2D eigenvalue weighted by molar-refractivity contribution is -0.120. The Balaban J connectivity index is 1.60. The Morgan fingerprint density at radius 1 is 1.14 bits per heavy atom. The minimum absolute atomic E-state index is 0.0553. The van der Waals surface area contributed by atoms with E-state index in [9.17, 15) is 4.79 Å². The van der Waals surface area contributed by atoms with Crippen molar-refractivity contribution in [3.63, 3.8) is 0 Å². The Hall–Kier alpha value is -2.44. The van der Waals surface area contributed by atoms with E-state index in [1.54, 1.807) is 12.4 Å². The highest BCUT2D eigenvalue weighted by atomic mass is 16.2. The molecule has 0 spiro atoms. The van der Waals surface area contributed by atoms with Crippen LogP contribution in [0.25, 0.3) is 0 Å². The highest BCUT2D eigenvalue weighted by molar-refractivity contribution is 5.95. The molecule has 2 heterocycles. The summed E-state index contributed by atoms with van der Waals surface area (Å²) >= 11 is 0. The molecule has 1 aromatic heterocycles. The smallest absolute Gasteiger partial charge is 0.246 e. The Bertz CT molecular complexity index is 768. The minimum atomic E-state index is -0.376. The lowest BCUT2D eigenvalue weighted by atomic mass is 9.96. The van der Waals surface area contributed by atoms with Gasteiger partial charge in [0.15, 0.2) is 0 Å². The molecule has 1 saturated heterocycles. The number of amides is 1. The number of aromatic nitrogens is 1. The van der Waals surface area contributed by atoms with Gasteiger partial charge in [-0.15, -0.1) is 0 Å². The molecule has 0 unspecified atom stereocenters. The van der Waals surface area contributed by atoms with Crippen molar-refractivity contribution in [2.45, 2.75) is 18.9 Å². The molecule has 1 atom stereocenters. The lowest BCUT2D eigenvalue weighted by Crippen LogP contribution is -2.37. The number of carbonyl (C=O) groups excluding carboxylic acids is 1. The van der Waals surface area contributed by atoms with Crippen molar-refractivity contribution >= 4 is 17.3 Å². The number of nitrogens with one attached hydrogen (secondary N) is 1. The first-order valence-electron chi connectivity index (χ1n) is 10.3. The van der Waals surface area contributed by atoms with Gasteiger partial charge in [-0.25, -0.2) is 0 Å². The van der Waals surface area contributed by atoms with Crippen molar-refractivity contribution in [2.75, 3.05) is 58.0 Å². The van der Waals surface area contributed by atoms with Gasteiger partial charge < -0.3 is 15.1 Å². The number of rotatable bonds is 7. The van der Waals surface area contributed by atoms with Crippen molar-refractivity contribution in [1.29, 1.82) is 0 Å². The third kappa shape index (κ3) is 5.78. The number of likely N-dealkylation sites (N-methyl/N-ethyl adjacent to an activating group) is 1. The first-order valence-corrected chi connectivity index (χ1v) is 10.3. The summed E-state index contributed by atoms with van der Waals surface area (Å²) in [6, 6.07) is 11.6. The zero-order valence-electron chi connectivity index (χ0n) is 18.0. The quantitative estimate of drug-likeness (QED) is 0.781. The molecule has 6 heteroatoms. The first kappa shape index (κ1) is 21.3. The zero-order valence-corrected chi connectivity index (χ0v) is 18.0. The summed E-state index contributed by atoms with van der Waals surface area (Å²) in [5, 5.41) is 3.05. The predicted octanol–water partition coefficient (Wildman–Crippen LogP) is 3.10. The monoisotopic (exact) mass is 395 g/mol. The second-order valence-corrected chi connectivity index (χ2v) is 8.38. The van der Waals surface area contributed by atoms with Gasteiger partial charge in [-0.2, -0.15) is 0 Å². The molecule has 0 radical (unpaired) electrons. The summed E-state index contributed by atoms with van der Waals surface area (Å²) in [6.07, 6.45) is 5.92. The lowest BCUT2D eigenvalue weighted by Gasteiger charge is -2.34. The number of piperidine rings is 1. The molecule has 1 aromatic carbocycles. The summed E-state index contributed by atoms with van der Waals surface area (Å²) in [6.45, 7) is 3.35. The third-order valence-corrected chi connectivity index (χ3v) is 5.50. The van der Waals surface area contributed by atoms with E-state index in [0.29, 0.717) is 0 Å². The van der Waals surface area contributed by atoms with Gasteiger partial charge in [-0.3, -0.25) is 14.7 Å². The van der Waals surface area contributed by atoms with Gasteiger partial charge in [0.1, 0.15) is 6.04 Å². The predicted molar refractivity (Wildman–Crippen MR) is 119 cm³/mol. The molecule has 1 fully saturated rings. The molecular formula is C23H33N5O. The van der Waals surface area contributed by atoms with Crippen LogP contribution in [0.5, 0.6) is 0 Å². The molecular weight excluding hydrogens is 362 g/mol. The zero-order chi connectivity index (χ0) is 20.8. The topological polar surface area (TPSA) is 51.7 Å². The maximum absolute atomic E-state index is 12.9. The molecule has 1 aliphatic rings. The van der Waals surface area contributed by atoms with E-state index in [4.69, 9.17) is 0 Å². The number of hydrogen-bond acceptors (Lipinski definition) is 5. The Morgan fingerprint density at radius 3 is 2.38 bits per heavy atom. The van der Waals surface area contributed by atoms with Crippen LogP contribution < -0.4 is 10.2 Å². The number of carbonyl (C=O) groups is 1. The maximum Gasteiger partial charge on any atom is 0.246 e.